The Morgan fingerprint density at radius 3 is 2.70 bits per heavy atom. The molecule has 1 aromatic rings. The van der Waals surface area contributed by atoms with Crippen molar-refractivity contribution in [2.75, 3.05) is 18.4 Å². The second kappa shape index (κ2) is 5.51. The van der Waals surface area contributed by atoms with E-state index in [0.29, 0.717) is 30.8 Å². The zero-order chi connectivity index (χ0) is 14.9. The van der Waals surface area contributed by atoms with E-state index in [-0.39, 0.29) is 16.8 Å². The monoisotopic (exact) mass is 297 g/mol. The van der Waals surface area contributed by atoms with E-state index < -0.39 is 10.0 Å². The molecule has 1 amide bonds. The van der Waals surface area contributed by atoms with Crippen molar-refractivity contribution >= 4 is 21.6 Å². The Bertz CT molecular complexity index is 628. The lowest BCUT2D eigenvalue weighted by atomic mass is 10.2. The Balaban J connectivity index is 2.37. The molecule has 6 nitrogen and oxygen atoms in total. The van der Waals surface area contributed by atoms with E-state index in [2.05, 4.69) is 5.32 Å². The van der Waals surface area contributed by atoms with Crippen LogP contribution in [-0.2, 0) is 14.8 Å². The average molecular weight is 297 g/mol. The normalized spacial score (nSPS) is 20.1. The minimum Gasteiger partial charge on any atom is -0.326 e. The molecule has 110 valence electrons. The standard InChI is InChI=1S/C13H19N3O3S/c1-9-3-4-12(15-10(2)17)7-13(9)20(18,19)16-6-5-11(14)8-16/h3-4,7,11H,5-6,8,14H2,1-2H3,(H,15,17)/t11-/m0/s1. The summed E-state index contributed by atoms with van der Waals surface area (Å²) in [5.41, 5.74) is 6.90. The molecule has 0 unspecified atom stereocenters. The molecule has 0 spiro atoms. The first-order chi connectivity index (χ1) is 9.30. The number of carbonyl (C=O) groups excluding carboxylic acids is 1. The van der Waals surface area contributed by atoms with Gasteiger partial charge in [0.15, 0.2) is 0 Å². The van der Waals surface area contributed by atoms with E-state index in [4.69, 9.17) is 5.73 Å². The van der Waals surface area contributed by atoms with E-state index in [9.17, 15) is 13.2 Å². The summed E-state index contributed by atoms with van der Waals surface area (Å²) in [5, 5.41) is 2.60. The Hall–Kier alpha value is -1.44. The van der Waals surface area contributed by atoms with Crippen LogP contribution in [0.1, 0.15) is 18.9 Å². The maximum atomic E-state index is 12.6. The molecule has 1 heterocycles. The maximum absolute atomic E-state index is 12.6. The topological polar surface area (TPSA) is 92.5 Å². The van der Waals surface area contributed by atoms with Crippen molar-refractivity contribution in [3.63, 3.8) is 0 Å². The summed E-state index contributed by atoms with van der Waals surface area (Å²) in [6, 6.07) is 4.76. The van der Waals surface area contributed by atoms with E-state index in [0.717, 1.165) is 0 Å². The Kier molecular flexibility index (Phi) is 4.12. The molecule has 1 aromatic carbocycles. The van der Waals surface area contributed by atoms with E-state index in [1.807, 2.05) is 0 Å². The third kappa shape index (κ3) is 3.00. The van der Waals surface area contributed by atoms with E-state index in [1.54, 1.807) is 19.1 Å². The minimum atomic E-state index is -3.56. The fraction of sp³-hybridized carbons (Fsp3) is 0.462. The molecule has 7 heteroatoms. The molecule has 0 aliphatic carbocycles. The molecular formula is C13H19N3O3S. The number of hydrogen-bond donors (Lipinski definition) is 2. The molecule has 1 aliphatic rings. The van der Waals surface area contributed by atoms with Crippen LogP contribution in [0, 0.1) is 6.92 Å². The second-order valence-electron chi connectivity index (χ2n) is 5.07. The first-order valence-electron chi connectivity index (χ1n) is 6.44. The van der Waals surface area contributed by atoms with Crippen LogP contribution in [0.5, 0.6) is 0 Å². The summed E-state index contributed by atoms with van der Waals surface area (Å²) in [5.74, 6) is -0.236. The molecule has 0 saturated carbocycles. The number of anilines is 1. The fourth-order valence-electron chi connectivity index (χ4n) is 2.27. The summed E-state index contributed by atoms with van der Waals surface area (Å²) in [7, 11) is -3.56. The van der Waals surface area contributed by atoms with Crippen LogP contribution in [-0.4, -0.2) is 37.8 Å². The molecule has 1 aliphatic heterocycles. The molecule has 0 bridgehead atoms. The van der Waals surface area contributed by atoms with Gasteiger partial charge in [0.2, 0.25) is 15.9 Å². The van der Waals surface area contributed by atoms with Gasteiger partial charge in [-0.15, -0.1) is 0 Å². The second-order valence-corrected chi connectivity index (χ2v) is 6.98. The van der Waals surface area contributed by atoms with Crippen LogP contribution in [0.2, 0.25) is 0 Å². The molecule has 1 saturated heterocycles. The average Bonchev–Trinajstić information content (AvgIpc) is 2.78. The number of nitrogens with one attached hydrogen (secondary N) is 1. The van der Waals surface area contributed by atoms with Crippen molar-refractivity contribution in [2.45, 2.75) is 31.2 Å². The number of rotatable bonds is 3. The number of carbonyl (C=O) groups is 1. The number of aryl methyl sites for hydroxylation is 1. The fourth-order valence-corrected chi connectivity index (χ4v) is 4.03. The van der Waals surface area contributed by atoms with Gasteiger partial charge in [-0.05, 0) is 31.0 Å². The van der Waals surface area contributed by atoms with Crippen molar-refractivity contribution < 1.29 is 13.2 Å². The van der Waals surface area contributed by atoms with Gasteiger partial charge in [-0.1, -0.05) is 6.07 Å². The quantitative estimate of drug-likeness (QED) is 0.858. The number of nitrogens with two attached hydrogens (primary N) is 1. The smallest absolute Gasteiger partial charge is 0.243 e. The lowest BCUT2D eigenvalue weighted by molar-refractivity contribution is -0.114. The van der Waals surface area contributed by atoms with Gasteiger partial charge in [0.25, 0.3) is 0 Å². The highest BCUT2D eigenvalue weighted by molar-refractivity contribution is 7.89. The lowest BCUT2D eigenvalue weighted by Crippen LogP contribution is -2.32. The summed E-state index contributed by atoms with van der Waals surface area (Å²) < 4.78 is 26.6. The summed E-state index contributed by atoms with van der Waals surface area (Å²) >= 11 is 0. The predicted octanol–water partition coefficient (Wildman–Crippen LogP) is 0.675. The van der Waals surface area contributed by atoms with Crippen LogP contribution >= 0.6 is 0 Å². The maximum Gasteiger partial charge on any atom is 0.243 e. The highest BCUT2D eigenvalue weighted by Gasteiger charge is 2.32. The van der Waals surface area contributed by atoms with Crippen molar-refractivity contribution in [3.05, 3.63) is 23.8 Å². The van der Waals surface area contributed by atoms with Gasteiger partial charge in [0.05, 0.1) is 4.90 Å². The minimum absolute atomic E-state index is 0.108. The number of sulfonamides is 1. The SMILES string of the molecule is CC(=O)Nc1ccc(C)c(S(=O)(=O)N2CC[C@H](N)C2)c1. The summed E-state index contributed by atoms with van der Waals surface area (Å²) in [4.78, 5) is 11.3. The molecule has 0 aromatic heterocycles. The van der Waals surface area contributed by atoms with Gasteiger partial charge < -0.3 is 11.1 Å². The highest BCUT2D eigenvalue weighted by Crippen LogP contribution is 2.26. The molecule has 1 atom stereocenters. The molecule has 1 fully saturated rings. The van der Waals surface area contributed by atoms with Crippen LogP contribution < -0.4 is 11.1 Å². The van der Waals surface area contributed by atoms with Crippen LogP contribution in [0.25, 0.3) is 0 Å². The molecule has 2 rings (SSSR count). The van der Waals surface area contributed by atoms with Crippen LogP contribution in [0.3, 0.4) is 0 Å². The number of benzene rings is 1. The molecular weight excluding hydrogens is 278 g/mol. The van der Waals surface area contributed by atoms with Crippen molar-refractivity contribution in [2.24, 2.45) is 5.73 Å². The first kappa shape index (κ1) is 15.0. The summed E-state index contributed by atoms with van der Waals surface area (Å²) in [6.07, 6.45) is 0.670. The number of nitrogens with zero attached hydrogens (tertiary/aromatic N) is 1. The van der Waals surface area contributed by atoms with Crippen LogP contribution in [0.15, 0.2) is 23.1 Å². The zero-order valence-electron chi connectivity index (χ0n) is 11.6. The van der Waals surface area contributed by atoms with Gasteiger partial charge >= 0.3 is 0 Å². The van der Waals surface area contributed by atoms with Gasteiger partial charge in [-0.2, -0.15) is 4.31 Å². The summed E-state index contributed by atoms with van der Waals surface area (Å²) in [6.45, 7) is 3.90. The van der Waals surface area contributed by atoms with Gasteiger partial charge in [0.1, 0.15) is 0 Å². The first-order valence-corrected chi connectivity index (χ1v) is 7.88. The Morgan fingerprint density at radius 1 is 1.45 bits per heavy atom. The van der Waals surface area contributed by atoms with Crippen molar-refractivity contribution in [1.29, 1.82) is 0 Å². The molecule has 20 heavy (non-hydrogen) atoms. The Morgan fingerprint density at radius 2 is 2.15 bits per heavy atom. The molecule has 3 N–H and O–H groups in total. The molecule has 0 radical (unpaired) electrons. The third-order valence-electron chi connectivity index (χ3n) is 3.31. The van der Waals surface area contributed by atoms with Crippen molar-refractivity contribution in [3.8, 4) is 0 Å². The van der Waals surface area contributed by atoms with Gasteiger partial charge in [0, 0.05) is 31.7 Å². The Labute approximate surface area is 119 Å². The predicted molar refractivity (Wildman–Crippen MR) is 76.8 cm³/mol. The van der Waals surface area contributed by atoms with Crippen LogP contribution in [0.4, 0.5) is 5.69 Å². The van der Waals surface area contributed by atoms with Gasteiger partial charge in [-0.25, -0.2) is 8.42 Å². The lowest BCUT2D eigenvalue weighted by Gasteiger charge is -2.18. The van der Waals surface area contributed by atoms with E-state index in [1.165, 1.54) is 17.3 Å². The van der Waals surface area contributed by atoms with Gasteiger partial charge in [-0.3, -0.25) is 4.79 Å². The van der Waals surface area contributed by atoms with Crippen molar-refractivity contribution in [1.82, 2.24) is 4.31 Å². The zero-order valence-corrected chi connectivity index (χ0v) is 12.4. The largest absolute Gasteiger partial charge is 0.326 e. The third-order valence-corrected chi connectivity index (χ3v) is 5.32. The number of amides is 1. The van der Waals surface area contributed by atoms with E-state index >= 15 is 0 Å². The highest BCUT2D eigenvalue weighted by atomic mass is 32.2. The number of hydrogen-bond acceptors (Lipinski definition) is 4.